The van der Waals surface area contributed by atoms with Crippen LogP contribution in [0.4, 0.5) is 0 Å². The monoisotopic (exact) mass is 277 g/mol. The van der Waals surface area contributed by atoms with Gasteiger partial charge in [-0.2, -0.15) is 0 Å². The first-order valence-corrected chi connectivity index (χ1v) is 6.94. The molecule has 104 valence electrons. The molecule has 2 heterocycles. The summed E-state index contributed by atoms with van der Waals surface area (Å²) in [4.78, 5) is 8.06. The molecule has 21 heavy (non-hydrogen) atoms. The molecule has 4 aromatic rings. The predicted octanol–water partition coefficient (Wildman–Crippen LogP) is 3.28. The second-order valence-electron chi connectivity index (χ2n) is 5.20. The van der Waals surface area contributed by atoms with Crippen LogP contribution in [0.1, 0.15) is 11.3 Å². The van der Waals surface area contributed by atoms with Crippen LogP contribution in [0.25, 0.3) is 28.1 Å². The lowest BCUT2D eigenvalue weighted by atomic mass is 10.1. The summed E-state index contributed by atoms with van der Waals surface area (Å²) in [7, 11) is 0. The van der Waals surface area contributed by atoms with Crippen LogP contribution in [-0.4, -0.2) is 19.5 Å². The van der Waals surface area contributed by atoms with E-state index in [1.165, 1.54) is 0 Å². The standard InChI is InChI=1S/C17H15N3O/c1-11-16(13-8-6-12(10-21)7-9-13)19-17-18-14-4-2-3-5-15(14)20(11)17/h2-9,21H,10H2,1H3,(H,18,19). The maximum Gasteiger partial charge on any atom is 0.213 e. The molecule has 4 heteroatoms. The third-order valence-corrected chi connectivity index (χ3v) is 3.91. The number of aryl methyl sites for hydroxylation is 1. The first-order chi connectivity index (χ1) is 10.3. The van der Waals surface area contributed by atoms with Gasteiger partial charge in [0.2, 0.25) is 5.78 Å². The van der Waals surface area contributed by atoms with Crippen molar-refractivity contribution in [1.29, 1.82) is 0 Å². The molecule has 0 spiro atoms. The first kappa shape index (κ1) is 12.2. The Morgan fingerprint density at radius 3 is 2.62 bits per heavy atom. The van der Waals surface area contributed by atoms with E-state index in [4.69, 9.17) is 10.1 Å². The number of hydrogen-bond acceptors (Lipinski definition) is 2. The van der Waals surface area contributed by atoms with Crippen LogP contribution in [0.5, 0.6) is 0 Å². The SMILES string of the molecule is Cc1c(-c2ccc(CO)cc2)nc2[nH]c3ccccc3n12. The molecule has 2 aromatic heterocycles. The molecule has 0 atom stereocenters. The number of nitrogens with zero attached hydrogens (tertiary/aromatic N) is 2. The lowest BCUT2D eigenvalue weighted by Gasteiger charge is -2.01. The minimum atomic E-state index is 0.0634. The summed E-state index contributed by atoms with van der Waals surface area (Å²) in [5.41, 5.74) is 6.27. The second kappa shape index (κ2) is 4.46. The highest BCUT2D eigenvalue weighted by atomic mass is 16.3. The molecule has 0 amide bonds. The molecule has 0 saturated carbocycles. The fraction of sp³-hybridized carbons (Fsp3) is 0.118. The van der Waals surface area contributed by atoms with E-state index in [0.717, 1.165) is 39.3 Å². The summed E-state index contributed by atoms with van der Waals surface area (Å²) in [6, 6.07) is 16.1. The van der Waals surface area contributed by atoms with Crippen molar-refractivity contribution in [3.05, 3.63) is 59.8 Å². The minimum Gasteiger partial charge on any atom is -0.392 e. The Labute approximate surface area is 121 Å². The number of aromatic nitrogens is 3. The van der Waals surface area contributed by atoms with Crippen molar-refractivity contribution in [2.24, 2.45) is 0 Å². The van der Waals surface area contributed by atoms with Gasteiger partial charge >= 0.3 is 0 Å². The molecule has 0 radical (unpaired) electrons. The van der Waals surface area contributed by atoms with E-state index in [1.807, 2.05) is 36.4 Å². The topological polar surface area (TPSA) is 53.3 Å². The molecule has 0 aliphatic carbocycles. The van der Waals surface area contributed by atoms with Crippen LogP contribution in [0.2, 0.25) is 0 Å². The number of hydrogen-bond donors (Lipinski definition) is 2. The Morgan fingerprint density at radius 1 is 1.10 bits per heavy atom. The maximum atomic E-state index is 9.13. The van der Waals surface area contributed by atoms with Gasteiger partial charge in [0.25, 0.3) is 0 Å². The Morgan fingerprint density at radius 2 is 1.86 bits per heavy atom. The van der Waals surface area contributed by atoms with Crippen LogP contribution >= 0.6 is 0 Å². The van der Waals surface area contributed by atoms with E-state index in [2.05, 4.69) is 28.4 Å². The molecule has 4 rings (SSSR count). The van der Waals surface area contributed by atoms with E-state index >= 15 is 0 Å². The van der Waals surface area contributed by atoms with Gasteiger partial charge in [-0.25, -0.2) is 4.98 Å². The van der Waals surface area contributed by atoms with Gasteiger partial charge in [0.1, 0.15) is 0 Å². The van der Waals surface area contributed by atoms with Gasteiger partial charge in [-0.15, -0.1) is 0 Å². The fourth-order valence-electron chi connectivity index (χ4n) is 2.82. The predicted molar refractivity (Wildman–Crippen MR) is 83.1 cm³/mol. The van der Waals surface area contributed by atoms with E-state index in [9.17, 15) is 0 Å². The third-order valence-electron chi connectivity index (χ3n) is 3.91. The molecule has 2 N–H and O–H groups in total. The Hall–Kier alpha value is -2.59. The largest absolute Gasteiger partial charge is 0.392 e. The highest BCUT2D eigenvalue weighted by Crippen LogP contribution is 2.27. The zero-order valence-corrected chi connectivity index (χ0v) is 11.7. The van der Waals surface area contributed by atoms with Gasteiger partial charge in [-0.05, 0) is 24.6 Å². The number of nitrogens with one attached hydrogen (secondary N) is 1. The molecule has 0 aliphatic rings. The molecule has 0 saturated heterocycles. The van der Waals surface area contributed by atoms with Crippen LogP contribution in [0.15, 0.2) is 48.5 Å². The fourth-order valence-corrected chi connectivity index (χ4v) is 2.82. The zero-order valence-electron chi connectivity index (χ0n) is 11.7. The second-order valence-corrected chi connectivity index (χ2v) is 5.20. The summed E-state index contributed by atoms with van der Waals surface area (Å²) in [6.45, 7) is 2.14. The summed E-state index contributed by atoms with van der Waals surface area (Å²) in [6.07, 6.45) is 0. The number of aliphatic hydroxyl groups is 1. The average Bonchev–Trinajstić information content (AvgIpc) is 3.04. The smallest absolute Gasteiger partial charge is 0.213 e. The summed E-state index contributed by atoms with van der Waals surface area (Å²) < 4.78 is 2.14. The average molecular weight is 277 g/mol. The van der Waals surface area contributed by atoms with Crippen molar-refractivity contribution in [2.45, 2.75) is 13.5 Å². The minimum absolute atomic E-state index is 0.0634. The summed E-state index contributed by atoms with van der Waals surface area (Å²) in [5.74, 6) is 0.856. The van der Waals surface area contributed by atoms with Crippen molar-refractivity contribution in [3.63, 3.8) is 0 Å². The zero-order chi connectivity index (χ0) is 14.4. The third kappa shape index (κ3) is 1.76. The highest BCUT2D eigenvalue weighted by Gasteiger charge is 2.14. The van der Waals surface area contributed by atoms with Gasteiger partial charge in [-0.3, -0.25) is 4.40 Å². The summed E-state index contributed by atoms with van der Waals surface area (Å²) in [5, 5.41) is 9.13. The van der Waals surface area contributed by atoms with Crippen LogP contribution < -0.4 is 0 Å². The number of aliphatic hydroxyl groups excluding tert-OH is 1. The Bertz CT molecular complexity index is 932. The lowest BCUT2D eigenvalue weighted by Crippen LogP contribution is -1.87. The van der Waals surface area contributed by atoms with E-state index in [-0.39, 0.29) is 6.61 Å². The Balaban J connectivity index is 1.94. The number of benzene rings is 2. The number of para-hydroxylation sites is 2. The number of fused-ring (bicyclic) bond motifs is 3. The van der Waals surface area contributed by atoms with Crippen LogP contribution in [0, 0.1) is 6.92 Å². The highest BCUT2D eigenvalue weighted by molar-refractivity contribution is 5.82. The number of H-pyrrole nitrogens is 1. The van der Waals surface area contributed by atoms with Gasteiger partial charge in [0, 0.05) is 11.3 Å². The van der Waals surface area contributed by atoms with E-state index < -0.39 is 0 Å². The molecule has 0 bridgehead atoms. The molecular formula is C17H15N3O. The molecule has 0 fully saturated rings. The van der Waals surface area contributed by atoms with Gasteiger partial charge in [0.15, 0.2) is 0 Å². The molecule has 0 unspecified atom stereocenters. The van der Waals surface area contributed by atoms with Crippen LogP contribution in [0.3, 0.4) is 0 Å². The number of rotatable bonds is 2. The maximum absolute atomic E-state index is 9.13. The number of imidazole rings is 2. The van der Waals surface area contributed by atoms with Crippen molar-refractivity contribution >= 4 is 16.8 Å². The molecular weight excluding hydrogens is 262 g/mol. The normalized spacial score (nSPS) is 11.5. The van der Waals surface area contributed by atoms with Crippen molar-refractivity contribution in [3.8, 4) is 11.3 Å². The lowest BCUT2D eigenvalue weighted by molar-refractivity contribution is 0.282. The quantitative estimate of drug-likeness (QED) is 0.591. The molecule has 4 nitrogen and oxygen atoms in total. The Kier molecular flexibility index (Phi) is 2.59. The first-order valence-electron chi connectivity index (χ1n) is 6.94. The summed E-state index contributed by atoms with van der Waals surface area (Å²) >= 11 is 0. The van der Waals surface area contributed by atoms with E-state index in [1.54, 1.807) is 0 Å². The van der Waals surface area contributed by atoms with Crippen molar-refractivity contribution in [1.82, 2.24) is 14.4 Å². The van der Waals surface area contributed by atoms with Crippen LogP contribution in [-0.2, 0) is 6.61 Å². The van der Waals surface area contributed by atoms with E-state index in [0.29, 0.717) is 0 Å². The molecule has 0 aliphatic heterocycles. The van der Waals surface area contributed by atoms with Gasteiger partial charge in [-0.1, -0.05) is 36.4 Å². The number of aromatic amines is 1. The van der Waals surface area contributed by atoms with Crippen molar-refractivity contribution < 1.29 is 5.11 Å². The molecule has 2 aromatic carbocycles. The van der Waals surface area contributed by atoms with Gasteiger partial charge in [0.05, 0.1) is 23.3 Å². The van der Waals surface area contributed by atoms with Gasteiger partial charge < -0.3 is 10.1 Å². The van der Waals surface area contributed by atoms with Crippen molar-refractivity contribution in [2.75, 3.05) is 0 Å².